The van der Waals surface area contributed by atoms with E-state index in [1.165, 1.54) is 24.2 Å². The molecule has 0 spiro atoms. The highest BCUT2D eigenvalue weighted by atomic mass is 32.1. The minimum absolute atomic E-state index is 1.10. The Morgan fingerprint density at radius 1 is 1.00 bits per heavy atom. The van der Waals surface area contributed by atoms with E-state index in [0.29, 0.717) is 0 Å². The summed E-state index contributed by atoms with van der Waals surface area (Å²) in [5, 5.41) is 2.10. The van der Waals surface area contributed by atoms with Gasteiger partial charge in [-0.2, -0.15) is 0 Å². The van der Waals surface area contributed by atoms with Crippen LogP contribution in [0.3, 0.4) is 0 Å². The van der Waals surface area contributed by atoms with Crippen molar-refractivity contribution in [2.24, 2.45) is 0 Å². The smallest absolute Gasteiger partial charge is 0.0794 e. The quantitative estimate of drug-likeness (QED) is 0.813. The van der Waals surface area contributed by atoms with Gasteiger partial charge in [-0.3, -0.25) is 4.98 Å². The summed E-state index contributed by atoms with van der Waals surface area (Å²) in [6.07, 6.45) is 6.44. The van der Waals surface area contributed by atoms with Crippen LogP contribution in [-0.2, 0) is 12.8 Å². The summed E-state index contributed by atoms with van der Waals surface area (Å²) in [6.45, 7) is 4.33. The van der Waals surface area contributed by atoms with Crippen molar-refractivity contribution in [2.45, 2.75) is 39.5 Å². The van der Waals surface area contributed by atoms with E-state index in [-0.39, 0.29) is 0 Å². The van der Waals surface area contributed by atoms with Crippen molar-refractivity contribution in [1.82, 2.24) is 9.97 Å². The van der Waals surface area contributed by atoms with Crippen LogP contribution in [-0.4, -0.2) is 9.97 Å². The lowest BCUT2D eigenvalue weighted by Gasteiger charge is -1.92. The summed E-state index contributed by atoms with van der Waals surface area (Å²) in [5.41, 5.74) is 4.31. The van der Waals surface area contributed by atoms with Crippen LogP contribution in [0.5, 0.6) is 0 Å². The van der Waals surface area contributed by atoms with Gasteiger partial charge < -0.3 is 0 Å². The fraction of sp³-hybridized carbons (Fsp3) is 0.429. The molecule has 0 N–H and O–H groups in total. The molecule has 0 aliphatic carbocycles. The number of thiazole rings is 1. The molecule has 0 amide bonds. The molecule has 2 nitrogen and oxygen atoms in total. The largest absolute Gasteiger partial charge is 0.261 e. The zero-order chi connectivity index (χ0) is 12.3. The Morgan fingerprint density at radius 3 is 2.29 bits per heavy atom. The van der Waals surface area contributed by atoms with Gasteiger partial charge in [0.05, 0.1) is 11.2 Å². The molecule has 0 bridgehead atoms. The average molecular weight is 248 g/mol. The molecule has 0 aliphatic rings. The standard InChI is InChI=1S/C8H11N.C6H9NS/c1-2-5-8-6-3-4-7-9-8;1-2-3-6-4-8-5-7-6/h3-4,6-7H,2,5H2,1H3;4-5H,2-3H2,1H3. The lowest BCUT2D eigenvalue weighted by molar-refractivity contribution is 0.883. The fourth-order valence-corrected chi connectivity index (χ4v) is 2.01. The second kappa shape index (κ2) is 8.88. The van der Waals surface area contributed by atoms with Crippen LogP contribution in [0.4, 0.5) is 0 Å². The van der Waals surface area contributed by atoms with Gasteiger partial charge in [-0.1, -0.05) is 32.8 Å². The highest BCUT2D eigenvalue weighted by Crippen LogP contribution is 2.02. The molecule has 92 valence electrons. The third kappa shape index (κ3) is 6.17. The number of hydrogen-bond donors (Lipinski definition) is 0. The number of aryl methyl sites for hydroxylation is 2. The molecule has 2 heterocycles. The van der Waals surface area contributed by atoms with Gasteiger partial charge in [0.2, 0.25) is 0 Å². The Balaban J connectivity index is 0.000000171. The molecule has 0 aromatic carbocycles. The molecule has 0 aliphatic heterocycles. The van der Waals surface area contributed by atoms with Gasteiger partial charge in [0.25, 0.3) is 0 Å². The van der Waals surface area contributed by atoms with E-state index in [2.05, 4.69) is 35.3 Å². The van der Waals surface area contributed by atoms with E-state index in [0.717, 1.165) is 12.8 Å². The second-order valence-electron chi connectivity index (χ2n) is 3.80. The average Bonchev–Trinajstić information content (AvgIpc) is 2.85. The van der Waals surface area contributed by atoms with Gasteiger partial charge >= 0.3 is 0 Å². The molecular weight excluding hydrogens is 228 g/mol. The molecule has 0 saturated carbocycles. The molecule has 0 atom stereocenters. The van der Waals surface area contributed by atoms with E-state index in [4.69, 9.17) is 0 Å². The number of hydrogen-bond acceptors (Lipinski definition) is 3. The van der Waals surface area contributed by atoms with Crippen molar-refractivity contribution < 1.29 is 0 Å². The molecule has 0 saturated heterocycles. The van der Waals surface area contributed by atoms with Gasteiger partial charge in [-0.05, 0) is 25.0 Å². The van der Waals surface area contributed by atoms with Crippen LogP contribution in [0, 0.1) is 0 Å². The summed E-state index contributed by atoms with van der Waals surface area (Å²) in [7, 11) is 0. The van der Waals surface area contributed by atoms with Gasteiger partial charge in [0, 0.05) is 17.3 Å². The highest BCUT2D eigenvalue weighted by molar-refractivity contribution is 7.07. The first-order valence-corrected chi connectivity index (χ1v) is 7.08. The normalized spacial score (nSPS) is 9.53. The maximum Gasteiger partial charge on any atom is 0.0794 e. The van der Waals surface area contributed by atoms with Crippen molar-refractivity contribution in [3.63, 3.8) is 0 Å². The van der Waals surface area contributed by atoms with Gasteiger partial charge in [0.15, 0.2) is 0 Å². The summed E-state index contributed by atoms with van der Waals surface area (Å²) < 4.78 is 0. The topological polar surface area (TPSA) is 25.8 Å². The van der Waals surface area contributed by atoms with Crippen molar-refractivity contribution in [1.29, 1.82) is 0 Å². The summed E-state index contributed by atoms with van der Waals surface area (Å²) in [4.78, 5) is 8.29. The van der Waals surface area contributed by atoms with Crippen molar-refractivity contribution >= 4 is 11.3 Å². The molecule has 3 heteroatoms. The monoisotopic (exact) mass is 248 g/mol. The Bertz CT molecular complexity index is 370. The molecule has 2 aromatic rings. The molecule has 17 heavy (non-hydrogen) atoms. The van der Waals surface area contributed by atoms with Crippen LogP contribution in [0.1, 0.15) is 38.1 Å². The summed E-state index contributed by atoms with van der Waals surface area (Å²) in [6, 6.07) is 6.03. The van der Waals surface area contributed by atoms with Gasteiger partial charge in [-0.15, -0.1) is 11.3 Å². The lowest BCUT2D eigenvalue weighted by atomic mass is 10.2. The summed E-state index contributed by atoms with van der Waals surface area (Å²) >= 11 is 1.67. The van der Waals surface area contributed by atoms with Crippen LogP contribution in [0.15, 0.2) is 35.3 Å². The SMILES string of the molecule is CCCc1ccccn1.CCCc1cscn1. The lowest BCUT2D eigenvalue weighted by Crippen LogP contribution is -1.84. The van der Waals surface area contributed by atoms with Crippen LogP contribution in [0.2, 0.25) is 0 Å². The van der Waals surface area contributed by atoms with E-state index in [1.807, 2.05) is 23.8 Å². The molecule has 2 aromatic heterocycles. The first kappa shape index (κ1) is 13.8. The maximum absolute atomic E-state index is 4.17. The first-order chi connectivity index (χ1) is 8.36. The number of aromatic nitrogens is 2. The van der Waals surface area contributed by atoms with Crippen LogP contribution >= 0.6 is 11.3 Å². The van der Waals surface area contributed by atoms with Gasteiger partial charge in [-0.25, -0.2) is 4.98 Å². The Kier molecular flexibility index (Phi) is 7.23. The molecule has 0 unspecified atom stereocenters. The maximum atomic E-state index is 4.17. The predicted molar refractivity (Wildman–Crippen MR) is 74.3 cm³/mol. The first-order valence-electron chi connectivity index (χ1n) is 6.13. The van der Waals surface area contributed by atoms with E-state index in [9.17, 15) is 0 Å². The van der Waals surface area contributed by atoms with E-state index >= 15 is 0 Å². The Hall–Kier alpha value is -1.22. The zero-order valence-corrected chi connectivity index (χ0v) is 11.4. The number of rotatable bonds is 4. The third-order valence-electron chi connectivity index (χ3n) is 2.22. The second-order valence-corrected chi connectivity index (χ2v) is 4.52. The number of nitrogens with zero attached hydrogens (tertiary/aromatic N) is 2. The molecule has 2 rings (SSSR count). The minimum atomic E-state index is 1.10. The zero-order valence-electron chi connectivity index (χ0n) is 10.6. The van der Waals surface area contributed by atoms with Crippen molar-refractivity contribution in [2.75, 3.05) is 0 Å². The van der Waals surface area contributed by atoms with Crippen LogP contribution < -0.4 is 0 Å². The molecule has 0 radical (unpaired) electrons. The van der Waals surface area contributed by atoms with E-state index < -0.39 is 0 Å². The predicted octanol–water partition coefficient (Wildman–Crippen LogP) is 4.13. The molecular formula is C14H20N2S. The Labute approximate surface area is 108 Å². The summed E-state index contributed by atoms with van der Waals surface area (Å²) in [5.74, 6) is 0. The van der Waals surface area contributed by atoms with Crippen molar-refractivity contribution in [3.8, 4) is 0 Å². The highest BCUT2D eigenvalue weighted by Gasteiger charge is 1.88. The third-order valence-corrected chi connectivity index (χ3v) is 2.86. The van der Waals surface area contributed by atoms with Crippen LogP contribution in [0.25, 0.3) is 0 Å². The Morgan fingerprint density at radius 2 is 1.76 bits per heavy atom. The van der Waals surface area contributed by atoms with Gasteiger partial charge in [0.1, 0.15) is 0 Å². The van der Waals surface area contributed by atoms with E-state index in [1.54, 1.807) is 11.3 Å². The minimum Gasteiger partial charge on any atom is -0.261 e. The van der Waals surface area contributed by atoms with Crippen molar-refractivity contribution in [3.05, 3.63) is 46.7 Å². The number of pyridine rings is 1. The fourth-order valence-electron chi connectivity index (χ4n) is 1.42. The molecule has 0 fully saturated rings.